The van der Waals surface area contributed by atoms with Crippen LogP contribution in [0.1, 0.15) is 0 Å². The van der Waals surface area contributed by atoms with Crippen LogP contribution in [0.5, 0.6) is 0 Å². The Balaban J connectivity index is 5.64. The predicted molar refractivity (Wildman–Crippen MR) is 52.6 cm³/mol. The largest absolute Gasteiger partial charge is 0.454 e. The average molecular weight is 460 g/mol. The third-order valence-corrected chi connectivity index (χ3v) is 2.88. The molecule has 0 rings (SSSR count). The molecular formula is C10H4F16O2. The van der Waals surface area contributed by atoms with E-state index in [0.29, 0.717) is 0 Å². The molecule has 0 heterocycles. The highest BCUT2D eigenvalue weighted by Crippen LogP contribution is 2.51. The zero-order valence-corrected chi connectivity index (χ0v) is 12.2. The van der Waals surface area contributed by atoms with Crippen LogP contribution in [-0.2, 0) is 9.53 Å². The molecule has 0 aromatic rings. The lowest BCUT2D eigenvalue weighted by Crippen LogP contribution is -2.62. The van der Waals surface area contributed by atoms with Gasteiger partial charge in [-0.25, -0.2) is 22.4 Å². The van der Waals surface area contributed by atoms with Gasteiger partial charge in [0.25, 0.3) is 0 Å². The van der Waals surface area contributed by atoms with Gasteiger partial charge < -0.3 is 4.74 Å². The molecular weight excluding hydrogens is 456 g/mol. The van der Waals surface area contributed by atoms with Gasteiger partial charge in [-0.3, -0.25) is 0 Å². The van der Waals surface area contributed by atoms with Crippen LogP contribution < -0.4 is 0 Å². The fourth-order valence-corrected chi connectivity index (χ4v) is 1.19. The second-order valence-corrected chi connectivity index (χ2v) is 4.85. The lowest BCUT2D eigenvalue weighted by atomic mass is 10.0. The Hall–Kier alpha value is -1.65. The molecule has 0 amide bonds. The van der Waals surface area contributed by atoms with E-state index in [1.807, 2.05) is 0 Å². The van der Waals surface area contributed by atoms with Gasteiger partial charge in [-0.05, 0) is 0 Å². The van der Waals surface area contributed by atoms with Crippen molar-refractivity contribution in [1.82, 2.24) is 0 Å². The standard InChI is InChI=1S/C10H4F16O2/c11-2(12)6(17,18)9(23,24)5(15,16)1-28-4(27)8(21,22)10(25,26)7(19,20)3(13)14/h2-3H,1H2. The topological polar surface area (TPSA) is 26.3 Å². The molecule has 0 aliphatic rings. The number of carbonyl (C=O) groups is 1. The van der Waals surface area contributed by atoms with E-state index in [1.165, 1.54) is 0 Å². The second kappa shape index (κ2) is 7.31. The number of halogens is 16. The van der Waals surface area contributed by atoms with Gasteiger partial charge in [0.1, 0.15) is 0 Å². The molecule has 0 aliphatic heterocycles. The molecule has 0 unspecified atom stereocenters. The number of esters is 1. The summed E-state index contributed by atoms with van der Waals surface area (Å²) in [6, 6.07) is 0. The monoisotopic (exact) mass is 460 g/mol. The quantitative estimate of drug-likeness (QED) is 0.363. The lowest BCUT2D eigenvalue weighted by molar-refractivity contribution is -0.350. The summed E-state index contributed by atoms with van der Waals surface area (Å²) in [6.45, 7) is -3.70. The minimum atomic E-state index is -7.32. The molecule has 0 saturated carbocycles. The first-order valence-corrected chi connectivity index (χ1v) is 6.02. The van der Waals surface area contributed by atoms with Crippen molar-refractivity contribution in [3.63, 3.8) is 0 Å². The van der Waals surface area contributed by atoms with Crippen LogP contribution >= 0.6 is 0 Å². The van der Waals surface area contributed by atoms with Crippen LogP contribution in [0, 0.1) is 0 Å². The fraction of sp³-hybridized carbons (Fsp3) is 0.900. The summed E-state index contributed by atoms with van der Waals surface area (Å²) in [5.74, 6) is -46.1. The highest BCUT2D eigenvalue weighted by Gasteiger charge is 2.80. The Morgan fingerprint density at radius 2 is 0.964 bits per heavy atom. The van der Waals surface area contributed by atoms with Gasteiger partial charge in [0.2, 0.25) is 0 Å². The number of carbonyl (C=O) groups excluding carboxylic acids is 1. The van der Waals surface area contributed by atoms with Gasteiger partial charge in [-0.1, -0.05) is 0 Å². The number of rotatable bonds is 9. The maximum atomic E-state index is 12.9. The first kappa shape index (κ1) is 26.3. The summed E-state index contributed by atoms with van der Waals surface area (Å²) in [7, 11) is 0. The van der Waals surface area contributed by atoms with Crippen LogP contribution in [0.4, 0.5) is 70.2 Å². The fourth-order valence-electron chi connectivity index (χ4n) is 1.19. The van der Waals surface area contributed by atoms with Crippen molar-refractivity contribution < 1.29 is 79.8 Å². The van der Waals surface area contributed by atoms with Crippen molar-refractivity contribution in [2.24, 2.45) is 0 Å². The molecule has 0 spiro atoms. The molecule has 0 fully saturated rings. The Morgan fingerprint density at radius 3 is 1.29 bits per heavy atom. The Labute approximate surface area is 142 Å². The van der Waals surface area contributed by atoms with Crippen LogP contribution in [0.25, 0.3) is 0 Å². The number of alkyl halides is 16. The van der Waals surface area contributed by atoms with E-state index in [9.17, 15) is 75.0 Å². The highest BCUT2D eigenvalue weighted by atomic mass is 19.4. The minimum absolute atomic E-state index is 2.44. The van der Waals surface area contributed by atoms with Gasteiger partial charge in [0.05, 0.1) is 0 Å². The molecule has 0 atom stereocenters. The first-order valence-electron chi connectivity index (χ1n) is 6.02. The van der Waals surface area contributed by atoms with Gasteiger partial charge in [0, 0.05) is 0 Å². The zero-order chi connectivity index (χ0) is 23.1. The smallest absolute Gasteiger partial charge is 0.410 e. The molecule has 0 bridgehead atoms. The summed E-state index contributed by atoms with van der Waals surface area (Å²) in [5, 5.41) is 0. The van der Waals surface area contributed by atoms with Gasteiger partial charge >= 0.3 is 54.4 Å². The molecule has 0 aliphatic carbocycles. The minimum Gasteiger partial charge on any atom is -0.454 e. The van der Waals surface area contributed by atoms with Crippen LogP contribution in [0.15, 0.2) is 0 Å². The van der Waals surface area contributed by atoms with E-state index in [-0.39, 0.29) is 0 Å². The van der Waals surface area contributed by atoms with Gasteiger partial charge in [-0.2, -0.15) is 52.7 Å². The van der Waals surface area contributed by atoms with E-state index in [0.717, 1.165) is 0 Å². The average Bonchev–Trinajstić information content (AvgIpc) is 2.51. The predicted octanol–water partition coefficient (Wildman–Crippen LogP) is 4.87. The number of ether oxygens (including phenoxy) is 1. The van der Waals surface area contributed by atoms with Crippen LogP contribution in [0.2, 0.25) is 0 Å². The molecule has 0 saturated heterocycles. The Bertz CT molecular complexity index is 568. The summed E-state index contributed by atoms with van der Waals surface area (Å²) >= 11 is 0. The molecule has 18 heteroatoms. The number of hydrogen-bond acceptors (Lipinski definition) is 2. The van der Waals surface area contributed by atoms with Crippen molar-refractivity contribution in [2.45, 2.75) is 48.4 Å². The van der Waals surface area contributed by atoms with E-state index in [4.69, 9.17) is 0 Å². The SMILES string of the molecule is O=C(OCC(F)(F)C(F)(F)C(F)(F)C(F)F)C(F)(F)C(F)(F)C(F)(F)C(F)F. The number of hydrogen-bond donors (Lipinski definition) is 0. The third-order valence-electron chi connectivity index (χ3n) is 2.88. The van der Waals surface area contributed by atoms with Crippen LogP contribution in [0.3, 0.4) is 0 Å². The van der Waals surface area contributed by atoms with Crippen molar-refractivity contribution in [3.05, 3.63) is 0 Å². The van der Waals surface area contributed by atoms with Gasteiger partial charge in [0.15, 0.2) is 6.61 Å². The molecule has 28 heavy (non-hydrogen) atoms. The van der Waals surface area contributed by atoms with Crippen molar-refractivity contribution in [3.8, 4) is 0 Å². The highest BCUT2D eigenvalue weighted by molar-refractivity contribution is 5.79. The first-order chi connectivity index (χ1) is 12.0. The second-order valence-electron chi connectivity index (χ2n) is 4.85. The van der Waals surface area contributed by atoms with Crippen molar-refractivity contribution >= 4 is 5.97 Å². The maximum Gasteiger partial charge on any atom is 0.410 e. The molecule has 0 aromatic carbocycles. The molecule has 0 aromatic heterocycles. The Morgan fingerprint density at radius 1 is 0.643 bits per heavy atom. The van der Waals surface area contributed by atoms with Crippen molar-refractivity contribution in [1.29, 1.82) is 0 Å². The summed E-state index contributed by atoms with van der Waals surface area (Å²) < 4.78 is 202. The van der Waals surface area contributed by atoms with E-state index in [1.54, 1.807) is 0 Å². The van der Waals surface area contributed by atoms with E-state index >= 15 is 0 Å². The zero-order valence-electron chi connectivity index (χ0n) is 12.2. The summed E-state index contributed by atoms with van der Waals surface area (Å²) in [6.07, 6.45) is -11.0. The van der Waals surface area contributed by atoms with E-state index in [2.05, 4.69) is 4.74 Å². The summed E-state index contributed by atoms with van der Waals surface area (Å²) in [4.78, 5) is 10.6. The molecule has 2 nitrogen and oxygen atoms in total. The van der Waals surface area contributed by atoms with E-state index < -0.39 is 61.0 Å². The molecule has 0 radical (unpaired) electrons. The maximum absolute atomic E-state index is 12.9. The molecule has 0 N–H and O–H groups in total. The molecule has 168 valence electrons. The van der Waals surface area contributed by atoms with Crippen molar-refractivity contribution in [2.75, 3.05) is 6.61 Å². The lowest BCUT2D eigenvalue weighted by Gasteiger charge is -2.33. The normalized spacial score (nSPS) is 15.4. The van der Waals surface area contributed by atoms with Crippen LogP contribution in [-0.4, -0.2) is 61.0 Å². The Kier molecular flexibility index (Phi) is 6.88. The summed E-state index contributed by atoms with van der Waals surface area (Å²) in [5.41, 5.74) is 0. The van der Waals surface area contributed by atoms with Gasteiger partial charge in [-0.15, -0.1) is 0 Å². The third kappa shape index (κ3) is 3.90.